The summed E-state index contributed by atoms with van der Waals surface area (Å²) in [5.74, 6) is 1.82. The Morgan fingerprint density at radius 1 is 1.11 bits per heavy atom. The van der Waals surface area contributed by atoms with Crippen LogP contribution in [-0.2, 0) is 14.0 Å². The second kappa shape index (κ2) is 6.84. The summed E-state index contributed by atoms with van der Waals surface area (Å²) in [5, 5.41) is 0.211. The summed E-state index contributed by atoms with van der Waals surface area (Å²) >= 11 is 0. The van der Waals surface area contributed by atoms with E-state index >= 15 is 0 Å². The van der Waals surface area contributed by atoms with Crippen LogP contribution in [0.4, 0.5) is 0 Å². The fourth-order valence-electron chi connectivity index (χ4n) is 5.48. The third kappa shape index (κ3) is 3.00. The SMILES string of the molecule is CCOC(=O)C1=C(c2ccccc2)[C@@H]2[C@@H]3C[C@H]([C@H]12)[C@@H](O[Si](C)(C)C(C)(C)C)C3. The molecule has 28 heavy (non-hydrogen) atoms. The molecule has 4 rings (SSSR count). The maximum atomic E-state index is 12.9. The van der Waals surface area contributed by atoms with Crippen molar-refractivity contribution in [3.05, 3.63) is 41.5 Å². The molecule has 0 radical (unpaired) electrons. The molecule has 0 heterocycles. The van der Waals surface area contributed by atoms with Gasteiger partial charge in [0.2, 0.25) is 0 Å². The highest BCUT2D eigenvalue weighted by molar-refractivity contribution is 6.74. The minimum Gasteiger partial charge on any atom is -0.463 e. The van der Waals surface area contributed by atoms with Crippen molar-refractivity contribution >= 4 is 19.9 Å². The van der Waals surface area contributed by atoms with Gasteiger partial charge < -0.3 is 9.16 Å². The van der Waals surface area contributed by atoms with Gasteiger partial charge >= 0.3 is 5.97 Å². The van der Waals surface area contributed by atoms with Gasteiger partial charge in [0, 0.05) is 17.6 Å². The Labute approximate surface area is 170 Å². The van der Waals surface area contributed by atoms with Crippen LogP contribution in [0.15, 0.2) is 35.9 Å². The number of ether oxygens (including phenoxy) is 1. The number of carbonyl (C=O) groups excluding carboxylic acids is 1. The second-order valence-corrected chi connectivity index (χ2v) is 15.0. The van der Waals surface area contributed by atoms with E-state index in [1.54, 1.807) is 0 Å². The zero-order valence-corrected chi connectivity index (χ0v) is 19.1. The molecule has 1 aromatic rings. The van der Waals surface area contributed by atoms with Crippen LogP contribution in [0.3, 0.4) is 0 Å². The lowest BCUT2D eigenvalue weighted by Crippen LogP contribution is -2.49. The Kier molecular flexibility index (Phi) is 4.86. The van der Waals surface area contributed by atoms with E-state index < -0.39 is 8.32 Å². The van der Waals surface area contributed by atoms with E-state index in [1.165, 1.54) is 17.6 Å². The Balaban J connectivity index is 1.64. The highest BCUT2D eigenvalue weighted by Gasteiger charge is 2.63. The fourth-order valence-corrected chi connectivity index (χ4v) is 6.87. The molecule has 2 fully saturated rings. The Morgan fingerprint density at radius 3 is 2.39 bits per heavy atom. The molecule has 0 spiro atoms. The molecule has 0 N–H and O–H groups in total. The van der Waals surface area contributed by atoms with Gasteiger partial charge in [0.25, 0.3) is 0 Å². The molecular weight excluding hydrogens is 364 g/mol. The number of allylic oxidation sites excluding steroid dienone is 1. The van der Waals surface area contributed by atoms with E-state index in [2.05, 4.69) is 58.1 Å². The maximum absolute atomic E-state index is 12.9. The van der Waals surface area contributed by atoms with Crippen LogP contribution >= 0.6 is 0 Å². The van der Waals surface area contributed by atoms with Crippen LogP contribution in [0.25, 0.3) is 5.57 Å². The van der Waals surface area contributed by atoms with Crippen LogP contribution in [0.5, 0.6) is 0 Å². The van der Waals surface area contributed by atoms with Crippen LogP contribution in [0, 0.1) is 23.7 Å². The Morgan fingerprint density at radius 2 is 1.79 bits per heavy atom. The first-order chi connectivity index (χ1) is 13.2. The molecule has 1 aromatic carbocycles. The molecule has 0 saturated heterocycles. The summed E-state index contributed by atoms with van der Waals surface area (Å²) < 4.78 is 12.3. The minimum atomic E-state index is -1.81. The van der Waals surface area contributed by atoms with E-state index in [9.17, 15) is 4.79 Å². The average molecular weight is 399 g/mol. The molecule has 3 nitrogen and oxygen atoms in total. The zero-order valence-electron chi connectivity index (χ0n) is 18.1. The van der Waals surface area contributed by atoms with Crippen molar-refractivity contribution in [1.29, 1.82) is 0 Å². The summed E-state index contributed by atoms with van der Waals surface area (Å²) in [5.41, 5.74) is 3.39. The Hall–Kier alpha value is -1.39. The Bertz CT molecular complexity index is 790. The summed E-state index contributed by atoms with van der Waals surface area (Å²) in [6.45, 7) is 13.9. The van der Waals surface area contributed by atoms with Crippen LogP contribution < -0.4 is 0 Å². The first-order valence-corrected chi connectivity index (χ1v) is 13.7. The van der Waals surface area contributed by atoms with Crippen molar-refractivity contribution in [2.24, 2.45) is 23.7 Å². The van der Waals surface area contributed by atoms with Crippen molar-refractivity contribution in [3.8, 4) is 0 Å². The van der Waals surface area contributed by atoms with Gasteiger partial charge in [-0.25, -0.2) is 4.79 Å². The van der Waals surface area contributed by atoms with Crippen molar-refractivity contribution in [2.75, 3.05) is 6.61 Å². The zero-order chi connectivity index (χ0) is 20.3. The van der Waals surface area contributed by atoms with Crippen LogP contribution in [-0.4, -0.2) is 27.0 Å². The lowest BCUT2D eigenvalue weighted by Gasteiger charge is -2.48. The molecule has 4 heteroatoms. The summed E-state index contributed by atoms with van der Waals surface area (Å²) in [7, 11) is -1.81. The number of benzene rings is 1. The molecule has 0 aliphatic heterocycles. The van der Waals surface area contributed by atoms with Crippen molar-refractivity contribution in [1.82, 2.24) is 0 Å². The topological polar surface area (TPSA) is 35.5 Å². The molecule has 3 aliphatic rings. The number of rotatable bonds is 5. The quantitative estimate of drug-likeness (QED) is 0.473. The largest absolute Gasteiger partial charge is 0.463 e. The standard InChI is InChI=1S/C24H34O3Si/c1-7-26-23(25)22-19(15-11-9-8-10-12-15)20-16-13-17(21(20)22)18(14-16)27-28(5,6)24(2,3)4/h8-12,16-18,20-21H,7,13-14H2,1-6H3/t16-,17+,18+,20+,21+/m1/s1. The van der Waals surface area contributed by atoms with E-state index in [0.717, 1.165) is 12.0 Å². The minimum absolute atomic E-state index is 0.110. The first-order valence-electron chi connectivity index (χ1n) is 10.8. The first kappa shape index (κ1) is 19.9. The van der Waals surface area contributed by atoms with E-state index in [4.69, 9.17) is 9.16 Å². The summed E-state index contributed by atoms with van der Waals surface area (Å²) in [4.78, 5) is 12.9. The average Bonchev–Trinajstić information content (AvgIpc) is 3.09. The second-order valence-electron chi connectivity index (χ2n) is 10.3. The van der Waals surface area contributed by atoms with Crippen LogP contribution in [0.2, 0.25) is 18.1 Å². The van der Waals surface area contributed by atoms with Crippen molar-refractivity contribution < 1.29 is 14.0 Å². The number of carbonyl (C=O) groups is 1. The highest BCUT2D eigenvalue weighted by Crippen LogP contribution is 2.67. The third-order valence-electron chi connectivity index (χ3n) is 7.73. The highest BCUT2D eigenvalue weighted by atomic mass is 28.4. The summed E-state index contributed by atoms with van der Waals surface area (Å²) in [6.07, 6.45) is 2.63. The van der Waals surface area contributed by atoms with Gasteiger partial charge in [-0.05, 0) is 66.8 Å². The molecule has 152 valence electrons. The van der Waals surface area contributed by atoms with Gasteiger partial charge in [-0.3, -0.25) is 0 Å². The van der Waals surface area contributed by atoms with Gasteiger partial charge in [-0.2, -0.15) is 0 Å². The van der Waals surface area contributed by atoms with Crippen molar-refractivity contribution in [2.45, 2.75) is 64.8 Å². The van der Waals surface area contributed by atoms with Gasteiger partial charge in [-0.15, -0.1) is 0 Å². The number of hydrogen-bond acceptors (Lipinski definition) is 3. The smallest absolute Gasteiger partial charge is 0.334 e. The van der Waals surface area contributed by atoms with Crippen LogP contribution in [0.1, 0.15) is 46.1 Å². The van der Waals surface area contributed by atoms with Gasteiger partial charge in [-0.1, -0.05) is 51.1 Å². The fraction of sp³-hybridized carbons (Fsp3) is 0.625. The number of esters is 1. The van der Waals surface area contributed by atoms with Gasteiger partial charge in [0.15, 0.2) is 8.32 Å². The van der Waals surface area contributed by atoms with E-state index in [0.29, 0.717) is 36.4 Å². The van der Waals surface area contributed by atoms with E-state index in [-0.39, 0.29) is 11.0 Å². The van der Waals surface area contributed by atoms with Gasteiger partial charge in [0.1, 0.15) is 0 Å². The lowest BCUT2D eigenvalue weighted by molar-refractivity contribution is -0.140. The number of hydrogen-bond donors (Lipinski definition) is 0. The molecular formula is C24H34O3Si. The lowest BCUT2D eigenvalue weighted by atomic mass is 9.59. The predicted molar refractivity (Wildman–Crippen MR) is 115 cm³/mol. The maximum Gasteiger partial charge on any atom is 0.334 e. The molecule has 3 aliphatic carbocycles. The summed E-state index contributed by atoms with van der Waals surface area (Å²) in [6, 6.07) is 10.4. The van der Waals surface area contributed by atoms with Crippen molar-refractivity contribution in [3.63, 3.8) is 0 Å². The number of fused-ring (bicyclic) bond motifs is 5. The third-order valence-corrected chi connectivity index (χ3v) is 12.2. The molecule has 0 unspecified atom stereocenters. The molecule has 5 atom stereocenters. The molecule has 2 bridgehead atoms. The monoisotopic (exact) mass is 398 g/mol. The normalized spacial score (nSPS) is 31.6. The predicted octanol–water partition coefficient (Wildman–Crippen LogP) is 5.68. The molecule has 2 saturated carbocycles. The van der Waals surface area contributed by atoms with Gasteiger partial charge in [0.05, 0.1) is 6.61 Å². The van der Waals surface area contributed by atoms with E-state index in [1.807, 2.05) is 13.0 Å². The molecule has 0 aromatic heterocycles. The molecule has 0 amide bonds.